The number of ether oxygens (including phenoxy) is 1. The normalized spacial score (nSPS) is 16.8. The summed E-state index contributed by atoms with van der Waals surface area (Å²) < 4.78 is 35.8. The Morgan fingerprint density at radius 3 is 2.62 bits per heavy atom. The van der Waals surface area contributed by atoms with E-state index in [1.165, 1.54) is 19.3 Å². The first kappa shape index (κ1) is 21.5. The molecule has 1 aliphatic carbocycles. The summed E-state index contributed by atoms with van der Waals surface area (Å²) in [7, 11) is 1.34. The van der Waals surface area contributed by atoms with E-state index < -0.39 is 17.0 Å². The number of hydrogen-bond donors (Lipinski definition) is 2. The van der Waals surface area contributed by atoms with Crippen molar-refractivity contribution in [3.63, 3.8) is 0 Å². The van der Waals surface area contributed by atoms with E-state index in [9.17, 15) is 0 Å². The smallest absolute Gasteiger partial charge is 0.191 e. The Kier molecular flexibility index (Phi) is 5.23. The van der Waals surface area contributed by atoms with Crippen LogP contribution in [0.2, 0.25) is 0 Å². The number of nitrogens with zero attached hydrogens (tertiary/aromatic N) is 2. The molecule has 0 bridgehead atoms. The fourth-order valence-corrected chi connectivity index (χ4v) is 4.39. The van der Waals surface area contributed by atoms with E-state index in [2.05, 4.69) is 23.9 Å². The summed E-state index contributed by atoms with van der Waals surface area (Å²) in [5.41, 5.74) is 12.5. The summed E-state index contributed by atoms with van der Waals surface area (Å²) in [5.74, 6) is -1.57. The Balaban J connectivity index is 1.92. The molecule has 3 N–H and O–H groups in total. The predicted octanol–water partition coefficient (Wildman–Crippen LogP) is 5.07. The molecule has 0 radical (unpaired) electrons. The van der Waals surface area contributed by atoms with Crippen LogP contribution in [-0.4, -0.2) is 18.3 Å². The Morgan fingerprint density at radius 2 is 2.06 bits per heavy atom. The van der Waals surface area contributed by atoms with Crippen molar-refractivity contribution >= 4 is 23.6 Å². The lowest BCUT2D eigenvalue weighted by Crippen LogP contribution is -2.37. The minimum Gasteiger partial charge on any atom is -0.494 e. The quantitative estimate of drug-likeness (QED) is 0.509. The van der Waals surface area contributed by atoms with Crippen molar-refractivity contribution in [2.75, 3.05) is 12.0 Å². The number of halogens is 2. The van der Waals surface area contributed by atoms with Crippen LogP contribution in [-0.2, 0) is 12.0 Å². The number of fused-ring (bicyclic) bond motifs is 2. The molecule has 0 amide bonds. The van der Waals surface area contributed by atoms with E-state index in [1.54, 1.807) is 11.1 Å². The van der Waals surface area contributed by atoms with Gasteiger partial charge in [-0.3, -0.25) is 4.98 Å². The maximum atomic E-state index is 15.4. The lowest BCUT2D eigenvalue weighted by Gasteiger charge is -2.38. The zero-order chi connectivity index (χ0) is 23.2. The first-order valence-electron chi connectivity index (χ1n) is 10.2. The second-order valence-electron chi connectivity index (χ2n) is 7.99. The van der Waals surface area contributed by atoms with Crippen molar-refractivity contribution in [2.45, 2.75) is 31.7 Å². The van der Waals surface area contributed by atoms with Crippen LogP contribution in [0.1, 0.15) is 42.1 Å². The third kappa shape index (κ3) is 3.05. The number of anilines is 1. The van der Waals surface area contributed by atoms with E-state index in [-0.39, 0.29) is 23.5 Å². The third-order valence-corrected chi connectivity index (χ3v) is 6.33. The molecule has 32 heavy (non-hydrogen) atoms. The molecular weight excluding hydrogens is 410 g/mol. The molecule has 2 heterocycles. The van der Waals surface area contributed by atoms with Gasteiger partial charge in [-0.15, -0.1) is 5.73 Å². The number of nitrogens with one attached hydrogen (secondary N) is 1. The SMILES string of the molecule is C=C=C1N(c2c(F)c(C=C)cc(OC)c2F)Cc2cnc(/C(C)=C(\N)C=N)cc2C12CC2. The molecule has 1 aromatic carbocycles. The summed E-state index contributed by atoms with van der Waals surface area (Å²) in [6, 6.07) is 3.25. The maximum absolute atomic E-state index is 15.4. The van der Waals surface area contributed by atoms with Crippen LogP contribution in [0.15, 0.2) is 48.6 Å². The van der Waals surface area contributed by atoms with Crippen molar-refractivity contribution in [1.29, 1.82) is 5.41 Å². The number of methoxy groups -OCH3 is 1. The molecule has 1 fully saturated rings. The van der Waals surface area contributed by atoms with Gasteiger partial charge in [-0.25, -0.2) is 8.78 Å². The number of allylic oxidation sites excluding steroid dienone is 3. The molecule has 5 nitrogen and oxygen atoms in total. The monoisotopic (exact) mass is 434 g/mol. The van der Waals surface area contributed by atoms with Crippen molar-refractivity contribution in [3.8, 4) is 5.75 Å². The topological polar surface area (TPSA) is 75.2 Å². The lowest BCUT2D eigenvalue weighted by molar-refractivity contribution is 0.383. The highest BCUT2D eigenvalue weighted by atomic mass is 19.1. The third-order valence-electron chi connectivity index (χ3n) is 6.33. The Bertz CT molecular complexity index is 1240. The molecule has 7 heteroatoms. The van der Waals surface area contributed by atoms with E-state index in [1.807, 2.05) is 13.0 Å². The van der Waals surface area contributed by atoms with E-state index in [0.29, 0.717) is 22.7 Å². The molecule has 0 unspecified atom stereocenters. The van der Waals surface area contributed by atoms with Gasteiger partial charge in [-0.1, -0.05) is 19.2 Å². The highest BCUT2D eigenvalue weighted by Crippen LogP contribution is 2.59. The van der Waals surface area contributed by atoms with Crippen molar-refractivity contribution in [1.82, 2.24) is 4.98 Å². The van der Waals surface area contributed by atoms with Crippen LogP contribution in [0, 0.1) is 17.0 Å². The van der Waals surface area contributed by atoms with Crippen LogP contribution in [0.3, 0.4) is 0 Å². The van der Waals surface area contributed by atoms with Crippen LogP contribution in [0.25, 0.3) is 11.6 Å². The number of pyridine rings is 1. The molecule has 164 valence electrons. The molecule has 1 aromatic heterocycles. The average molecular weight is 434 g/mol. The van der Waals surface area contributed by atoms with Gasteiger partial charge in [0.2, 0.25) is 0 Å². The second-order valence-corrected chi connectivity index (χ2v) is 7.99. The van der Waals surface area contributed by atoms with Gasteiger partial charge in [-0.2, -0.15) is 0 Å². The average Bonchev–Trinajstić information content (AvgIpc) is 3.59. The summed E-state index contributed by atoms with van der Waals surface area (Å²) in [6.07, 6.45) is 5.72. The summed E-state index contributed by atoms with van der Waals surface area (Å²) >= 11 is 0. The van der Waals surface area contributed by atoms with Crippen molar-refractivity contribution in [2.24, 2.45) is 5.73 Å². The fourth-order valence-electron chi connectivity index (χ4n) is 4.39. The second kappa shape index (κ2) is 7.77. The zero-order valence-electron chi connectivity index (χ0n) is 18.1. The Hall–Kier alpha value is -3.70. The van der Waals surface area contributed by atoms with Crippen LogP contribution < -0.4 is 15.4 Å². The molecule has 0 saturated heterocycles. The van der Waals surface area contributed by atoms with E-state index in [4.69, 9.17) is 15.9 Å². The molecular formula is C25H24F2N4O. The first-order chi connectivity index (χ1) is 15.3. The van der Waals surface area contributed by atoms with Crippen molar-refractivity contribution in [3.05, 3.63) is 82.6 Å². The molecule has 1 aliphatic heterocycles. The predicted molar refractivity (Wildman–Crippen MR) is 123 cm³/mol. The number of benzene rings is 1. The van der Waals surface area contributed by atoms with E-state index in [0.717, 1.165) is 30.2 Å². The van der Waals surface area contributed by atoms with Crippen LogP contribution >= 0.6 is 0 Å². The minimum absolute atomic E-state index is 0.0632. The number of aromatic nitrogens is 1. The molecule has 2 aromatic rings. The minimum atomic E-state index is -0.787. The van der Waals surface area contributed by atoms with Gasteiger partial charge in [0.05, 0.1) is 30.7 Å². The van der Waals surface area contributed by atoms with Crippen LogP contribution in [0.4, 0.5) is 14.5 Å². The molecule has 4 rings (SSSR count). The largest absolute Gasteiger partial charge is 0.494 e. The summed E-state index contributed by atoms with van der Waals surface area (Å²) in [5, 5.41) is 7.40. The number of hydrogen-bond acceptors (Lipinski definition) is 5. The van der Waals surface area contributed by atoms with Gasteiger partial charge in [0.25, 0.3) is 0 Å². The Morgan fingerprint density at radius 1 is 1.34 bits per heavy atom. The van der Waals surface area contributed by atoms with E-state index >= 15 is 8.78 Å². The molecule has 1 spiro atoms. The maximum Gasteiger partial charge on any atom is 0.191 e. The van der Waals surface area contributed by atoms with Crippen molar-refractivity contribution < 1.29 is 13.5 Å². The zero-order valence-corrected chi connectivity index (χ0v) is 18.1. The van der Waals surface area contributed by atoms with Gasteiger partial charge in [-0.05, 0) is 48.6 Å². The van der Waals surface area contributed by atoms with Gasteiger partial charge in [0.15, 0.2) is 17.4 Å². The summed E-state index contributed by atoms with van der Waals surface area (Å²) in [4.78, 5) is 6.09. The molecule has 0 atom stereocenters. The highest BCUT2D eigenvalue weighted by Gasteiger charge is 2.54. The van der Waals surface area contributed by atoms with Gasteiger partial charge < -0.3 is 20.8 Å². The first-order valence-corrected chi connectivity index (χ1v) is 10.2. The molecule has 1 saturated carbocycles. The van der Waals surface area contributed by atoms with Gasteiger partial charge in [0, 0.05) is 23.4 Å². The standard InChI is InChI=1S/C25H24F2N4O/c1-5-15-9-20(32-4)23(27)24(22(15)26)31-13-16-12-30-19(14(3)18(29)11-28)10-17(16)25(7-8-25)21(31)6-2/h5,9-12,28H,1-2,7-8,13,29H2,3-4H3/b18-14-,28-11?. The highest BCUT2D eigenvalue weighted by molar-refractivity contribution is 5.87. The number of nitrogens with two attached hydrogens (primary N) is 1. The Labute approximate surface area is 185 Å². The lowest BCUT2D eigenvalue weighted by atomic mass is 9.83. The van der Waals surface area contributed by atoms with Gasteiger partial charge in [0.1, 0.15) is 5.69 Å². The fraction of sp³-hybridized carbons (Fsp3) is 0.240. The van der Waals surface area contributed by atoms with Gasteiger partial charge >= 0.3 is 0 Å². The number of rotatable bonds is 5. The summed E-state index contributed by atoms with van der Waals surface area (Å²) in [6.45, 7) is 9.48. The molecule has 2 aliphatic rings. The van der Waals surface area contributed by atoms with Crippen LogP contribution in [0.5, 0.6) is 5.75 Å².